The van der Waals surface area contributed by atoms with E-state index in [1.54, 1.807) is 44.2 Å². The van der Waals surface area contributed by atoms with E-state index in [9.17, 15) is 13.2 Å². The summed E-state index contributed by atoms with van der Waals surface area (Å²) in [6.07, 6.45) is 1.55. The lowest BCUT2D eigenvalue weighted by atomic mass is 10.2. The average Bonchev–Trinajstić information content (AvgIpc) is 3.07. The van der Waals surface area contributed by atoms with Crippen LogP contribution in [0.15, 0.2) is 27.7 Å². The van der Waals surface area contributed by atoms with Crippen molar-refractivity contribution in [2.24, 2.45) is 0 Å². The third kappa shape index (κ3) is 4.41. The SMILES string of the molecule is COCCOc1ncccc1C(=O)N1CCN(S(=O)(=O)c2c(C)noc2C)CC1. The zero-order valence-corrected chi connectivity index (χ0v) is 17.4. The summed E-state index contributed by atoms with van der Waals surface area (Å²) in [7, 11) is -2.17. The van der Waals surface area contributed by atoms with Crippen LogP contribution in [-0.2, 0) is 14.8 Å². The topological polar surface area (TPSA) is 115 Å². The number of carbonyl (C=O) groups excluding carboxylic acids is 1. The zero-order chi connectivity index (χ0) is 21.0. The van der Waals surface area contributed by atoms with Crippen molar-refractivity contribution < 1.29 is 27.2 Å². The van der Waals surface area contributed by atoms with Gasteiger partial charge in [0.1, 0.15) is 22.8 Å². The molecule has 0 bridgehead atoms. The predicted octanol–water partition coefficient (Wildman–Crippen LogP) is 0.858. The number of aromatic nitrogens is 2. The van der Waals surface area contributed by atoms with Crippen molar-refractivity contribution in [3.05, 3.63) is 35.3 Å². The maximum atomic E-state index is 12.9. The Morgan fingerprint density at radius 2 is 1.93 bits per heavy atom. The molecule has 3 rings (SSSR count). The van der Waals surface area contributed by atoms with Gasteiger partial charge >= 0.3 is 0 Å². The molecule has 0 unspecified atom stereocenters. The van der Waals surface area contributed by atoms with Crippen LogP contribution < -0.4 is 4.74 Å². The Balaban J connectivity index is 1.69. The highest BCUT2D eigenvalue weighted by molar-refractivity contribution is 7.89. The number of methoxy groups -OCH3 is 1. The van der Waals surface area contributed by atoms with E-state index >= 15 is 0 Å². The van der Waals surface area contributed by atoms with Gasteiger partial charge in [-0.1, -0.05) is 5.16 Å². The van der Waals surface area contributed by atoms with Crippen molar-refractivity contribution >= 4 is 15.9 Å². The van der Waals surface area contributed by atoms with Crippen LogP contribution in [0.4, 0.5) is 0 Å². The number of carbonyl (C=O) groups is 1. The highest BCUT2D eigenvalue weighted by Crippen LogP contribution is 2.25. The molecule has 0 aliphatic carbocycles. The number of pyridine rings is 1. The standard InChI is InChI=1S/C18H24N4O6S/c1-13-16(14(2)28-20-13)29(24,25)22-9-7-21(8-10-22)18(23)15-5-4-6-19-17(15)27-12-11-26-3/h4-6H,7-12H2,1-3H3. The number of nitrogens with zero attached hydrogens (tertiary/aromatic N) is 4. The van der Waals surface area contributed by atoms with Gasteiger partial charge in [0, 0.05) is 39.5 Å². The van der Waals surface area contributed by atoms with Crippen molar-refractivity contribution in [3.8, 4) is 5.88 Å². The van der Waals surface area contributed by atoms with Crippen molar-refractivity contribution in [2.45, 2.75) is 18.7 Å². The zero-order valence-electron chi connectivity index (χ0n) is 16.6. The Morgan fingerprint density at radius 3 is 2.55 bits per heavy atom. The van der Waals surface area contributed by atoms with Crippen molar-refractivity contribution in [1.82, 2.24) is 19.3 Å². The Labute approximate surface area is 169 Å². The van der Waals surface area contributed by atoms with Gasteiger partial charge in [-0.25, -0.2) is 13.4 Å². The molecule has 0 saturated carbocycles. The first-order valence-corrected chi connectivity index (χ1v) is 10.6. The Kier molecular flexibility index (Phi) is 6.50. The lowest BCUT2D eigenvalue weighted by molar-refractivity contribution is 0.0689. The fourth-order valence-electron chi connectivity index (χ4n) is 3.16. The summed E-state index contributed by atoms with van der Waals surface area (Å²) in [6.45, 7) is 4.69. The number of hydrogen-bond donors (Lipinski definition) is 0. The third-order valence-electron chi connectivity index (χ3n) is 4.62. The molecule has 29 heavy (non-hydrogen) atoms. The third-order valence-corrected chi connectivity index (χ3v) is 6.76. The molecular weight excluding hydrogens is 400 g/mol. The maximum Gasteiger partial charge on any atom is 0.259 e. The van der Waals surface area contributed by atoms with Crippen LogP contribution in [0.3, 0.4) is 0 Å². The van der Waals surface area contributed by atoms with Gasteiger partial charge in [-0.2, -0.15) is 4.31 Å². The van der Waals surface area contributed by atoms with E-state index < -0.39 is 10.0 Å². The molecule has 2 aromatic heterocycles. The summed E-state index contributed by atoms with van der Waals surface area (Å²) in [5, 5.41) is 3.73. The lowest BCUT2D eigenvalue weighted by Gasteiger charge is -2.34. The molecule has 1 aliphatic heterocycles. The second-order valence-electron chi connectivity index (χ2n) is 6.55. The van der Waals surface area contributed by atoms with Crippen LogP contribution >= 0.6 is 0 Å². The van der Waals surface area contributed by atoms with Crippen LogP contribution in [0.2, 0.25) is 0 Å². The summed E-state index contributed by atoms with van der Waals surface area (Å²) in [4.78, 5) is 18.7. The highest BCUT2D eigenvalue weighted by Gasteiger charge is 2.34. The van der Waals surface area contributed by atoms with E-state index in [1.165, 1.54) is 4.31 Å². The molecule has 2 aromatic rings. The largest absolute Gasteiger partial charge is 0.475 e. The number of sulfonamides is 1. The predicted molar refractivity (Wildman–Crippen MR) is 102 cm³/mol. The molecule has 11 heteroatoms. The van der Waals surface area contributed by atoms with Crippen molar-refractivity contribution in [1.29, 1.82) is 0 Å². The smallest absolute Gasteiger partial charge is 0.259 e. The molecular formula is C18H24N4O6S. The quantitative estimate of drug-likeness (QED) is 0.601. The molecule has 0 spiro atoms. The van der Waals surface area contributed by atoms with E-state index in [2.05, 4.69) is 10.1 Å². The summed E-state index contributed by atoms with van der Waals surface area (Å²) in [5.41, 5.74) is 0.667. The molecule has 1 aliphatic rings. The van der Waals surface area contributed by atoms with Gasteiger partial charge in [0.25, 0.3) is 5.91 Å². The monoisotopic (exact) mass is 424 g/mol. The van der Waals surface area contributed by atoms with Gasteiger partial charge in [0.15, 0.2) is 5.76 Å². The number of hydrogen-bond acceptors (Lipinski definition) is 8. The molecule has 0 aromatic carbocycles. The summed E-state index contributed by atoms with van der Waals surface area (Å²) >= 11 is 0. The first-order chi connectivity index (χ1) is 13.9. The van der Waals surface area contributed by atoms with E-state index in [0.29, 0.717) is 17.9 Å². The second kappa shape index (κ2) is 8.89. The molecule has 3 heterocycles. The highest BCUT2D eigenvalue weighted by atomic mass is 32.2. The Morgan fingerprint density at radius 1 is 1.21 bits per heavy atom. The van der Waals surface area contributed by atoms with E-state index in [1.807, 2.05) is 0 Å². The maximum absolute atomic E-state index is 12.9. The van der Waals surface area contributed by atoms with Crippen molar-refractivity contribution in [2.75, 3.05) is 46.5 Å². The van der Waals surface area contributed by atoms with Gasteiger partial charge in [-0.3, -0.25) is 4.79 Å². The summed E-state index contributed by atoms with van der Waals surface area (Å²) in [6, 6.07) is 3.30. The average molecular weight is 424 g/mol. The molecule has 158 valence electrons. The van der Waals surface area contributed by atoms with Crippen LogP contribution in [0.1, 0.15) is 21.8 Å². The first-order valence-electron chi connectivity index (χ1n) is 9.15. The lowest BCUT2D eigenvalue weighted by Crippen LogP contribution is -2.50. The molecule has 1 amide bonds. The Bertz CT molecular complexity index is 947. The molecule has 1 saturated heterocycles. The van der Waals surface area contributed by atoms with Crippen LogP contribution in [-0.4, -0.2) is 80.2 Å². The van der Waals surface area contributed by atoms with E-state index in [4.69, 9.17) is 14.0 Å². The van der Waals surface area contributed by atoms with Gasteiger partial charge in [-0.05, 0) is 26.0 Å². The van der Waals surface area contributed by atoms with Crippen LogP contribution in [0.5, 0.6) is 5.88 Å². The molecule has 10 nitrogen and oxygen atoms in total. The molecule has 0 radical (unpaired) electrons. The summed E-state index contributed by atoms with van der Waals surface area (Å²) in [5.74, 6) is 0.245. The number of piperazine rings is 1. The van der Waals surface area contributed by atoms with Crippen LogP contribution in [0.25, 0.3) is 0 Å². The first kappa shape index (κ1) is 21.2. The minimum Gasteiger partial charge on any atom is -0.475 e. The Hall–Kier alpha value is -2.50. The number of rotatable bonds is 7. The normalized spacial score (nSPS) is 15.5. The number of aryl methyl sites for hydroxylation is 2. The van der Waals surface area contributed by atoms with Gasteiger partial charge in [0.05, 0.1) is 6.61 Å². The van der Waals surface area contributed by atoms with Gasteiger partial charge < -0.3 is 18.9 Å². The van der Waals surface area contributed by atoms with Gasteiger partial charge in [-0.15, -0.1) is 0 Å². The van der Waals surface area contributed by atoms with Crippen molar-refractivity contribution in [3.63, 3.8) is 0 Å². The molecule has 0 atom stereocenters. The minimum atomic E-state index is -3.73. The fraction of sp³-hybridized carbons (Fsp3) is 0.500. The molecule has 0 N–H and O–H groups in total. The number of amides is 1. The van der Waals surface area contributed by atoms with Crippen LogP contribution in [0, 0.1) is 13.8 Å². The number of ether oxygens (including phenoxy) is 2. The van der Waals surface area contributed by atoms with E-state index in [0.717, 1.165) is 0 Å². The second-order valence-corrected chi connectivity index (χ2v) is 8.42. The molecule has 1 fully saturated rings. The minimum absolute atomic E-state index is 0.0957. The summed E-state index contributed by atoms with van der Waals surface area (Å²) < 4.78 is 42.7. The van der Waals surface area contributed by atoms with Gasteiger partial charge in [0.2, 0.25) is 15.9 Å². The van der Waals surface area contributed by atoms with E-state index in [-0.39, 0.29) is 55.2 Å². The fourth-order valence-corrected chi connectivity index (χ4v) is 4.88.